The van der Waals surface area contributed by atoms with Crippen LogP contribution in [0.2, 0.25) is 0 Å². The van der Waals surface area contributed by atoms with Crippen molar-refractivity contribution in [3.8, 4) is 11.6 Å². The Labute approximate surface area is 199 Å². The van der Waals surface area contributed by atoms with E-state index in [1.807, 2.05) is 12.1 Å². The molecular formula is C20H31IN8O2. The number of piperazine rings is 1. The van der Waals surface area contributed by atoms with Crippen LogP contribution in [0.3, 0.4) is 0 Å². The fourth-order valence-corrected chi connectivity index (χ4v) is 3.44. The fourth-order valence-electron chi connectivity index (χ4n) is 3.44. The number of H-pyrrole nitrogens is 1. The summed E-state index contributed by atoms with van der Waals surface area (Å²) >= 11 is 0. The molecule has 4 rings (SSSR count). The number of rotatable bonds is 8. The normalized spacial score (nSPS) is 17.3. The predicted molar refractivity (Wildman–Crippen MR) is 128 cm³/mol. The number of carbonyl (C=O) groups is 1. The zero-order valence-electron chi connectivity index (χ0n) is 17.8. The van der Waals surface area contributed by atoms with E-state index in [4.69, 9.17) is 9.41 Å². The smallest absolute Gasteiger partial charge is 0.234 e. The molecule has 1 saturated carbocycles. The van der Waals surface area contributed by atoms with Crippen molar-refractivity contribution in [2.45, 2.75) is 32.2 Å². The number of carbonyl (C=O) groups excluding carboxylic acids is 1. The molecule has 1 aliphatic carbocycles. The van der Waals surface area contributed by atoms with E-state index in [1.54, 1.807) is 6.26 Å². The number of hydrogen-bond acceptors (Lipinski definition) is 6. The van der Waals surface area contributed by atoms with Crippen molar-refractivity contribution in [2.75, 3.05) is 45.8 Å². The maximum Gasteiger partial charge on any atom is 0.234 e. The van der Waals surface area contributed by atoms with Crippen molar-refractivity contribution < 1.29 is 9.21 Å². The van der Waals surface area contributed by atoms with Crippen LogP contribution in [0.25, 0.3) is 11.6 Å². The average Bonchev–Trinajstić information content (AvgIpc) is 3.20. The second-order valence-corrected chi connectivity index (χ2v) is 7.67. The molecule has 0 radical (unpaired) electrons. The fraction of sp³-hybridized carbons (Fsp3) is 0.600. The Morgan fingerprint density at radius 2 is 2.13 bits per heavy atom. The van der Waals surface area contributed by atoms with Crippen LogP contribution in [0.5, 0.6) is 0 Å². The molecule has 0 spiro atoms. The number of aromatic amines is 1. The minimum Gasteiger partial charge on any atom is -0.461 e. The monoisotopic (exact) mass is 542 g/mol. The summed E-state index contributed by atoms with van der Waals surface area (Å²) in [6.45, 7) is 7.41. The van der Waals surface area contributed by atoms with Gasteiger partial charge < -0.3 is 20.0 Å². The Morgan fingerprint density at radius 1 is 1.32 bits per heavy atom. The molecule has 0 atom stereocenters. The Kier molecular flexibility index (Phi) is 8.69. The summed E-state index contributed by atoms with van der Waals surface area (Å²) in [6.07, 6.45) is 4.53. The molecule has 31 heavy (non-hydrogen) atoms. The molecule has 1 amide bonds. The molecule has 2 aromatic heterocycles. The summed E-state index contributed by atoms with van der Waals surface area (Å²) in [6, 6.07) is 4.08. The first-order valence-electron chi connectivity index (χ1n) is 10.7. The predicted octanol–water partition coefficient (Wildman–Crippen LogP) is 1.09. The first kappa shape index (κ1) is 23.5. The molecule has 0 bridgehead atoms. The number of aliphatic imine (C=N–C) groups is 1. The van der Waals surface area contributed by atoms with Gasteiger partial charge in [0.25, 0.3) is 0 Å². The molecule has 2 aliphatic rings. The second-order valence-electron chi connectivity index (χ2n) is 7.67. The highest BCUT2D eigenvalue weighted by molar-refractivity contribution is 14.0. The third-order valence-electron chi connectivity index (χ3n) is 5.20. The summed E-state index contributed by atoms with van der Waals surface area (Å²) in [5, 5.41) is 13.6. The van der Waals surface area contributed by atoms with Crippen LogP contribution in [-0.4, -0.2) is 88.7 Å². The summed E-state index contributed by atoms with van der Waals surface area (Å²) in [7, 11) is 0. The molecule has 0 unspecified atom stereocenters. The summed E-state index contributed by atoms with van der Waals surface area (Å²) < 4.78 is 5.32. The van der Waals surface area contributed by atoms with Gasteiger partial charge in [0.05, 0.1) is 12.8 Å². The highest BCUT2D eigenvalue weighted by atomic mass is 127. The largest absolute Gasteiger partial charge is 0.461 e. The van der Waals surface area contributed by atoms with Gasteiger partial charge in [-0.1, -0.05) is 0 Å². The highest BCUT2D eigenvalue weighted by Gasteiger charge is 2.25. The van der Waals surface area contributed by atoms with E-state index in [1.165, 1.54) is 0 Å². The lowest BCUT2D eigenvalue weighted by Gasteiger charge is -2.36. The van der Waals surface area contributed by atoms with Crippen molar-refractivity contribution in [3.63, 3.8) is 0 Å². The van der Waals surface area contributed by atoms with Crippen molar-refractivity contribution >= 4 is 35.8 Å². The maximum absolute atomic E-state index is 12.0. The molecule has 3 N–H and O–H groups in total. The maximum atomic E-state index is 12.0. The minimum atomic E-state index is 0. The van der Waals surface area contributed by atoms with Gasteiger partial charge in [-0.15, -0.1) is 24.0 Å². The topological polar surface area (TPSA) is 115 Å². The zero-order valence-corrected chi connectivity index (χ0v) is 20.2. The Morgan fingerprint density at radius 3 is 2.81 bits per heavy atom. The molecule has 11 heteroatoms. The van der Waals surface area contributed by atoms with Gasteiger partial charge in [0, 0.05) is 51.7 Å². The third kappa shape index (κ3) is 6.92. The van der Waals surface area contributed by atoms with Crippen molar-refractivity contribution in [3.05, 3.63) is 24.2 Å². The van der Waals surface area contributed by atoms with Gasteiger partial charge in [0.1, 0.15) is 5.82 Å². The van der Waals surface area contributed by atoms with Crippen LogP contribution >= 0.6 is 24.0 Å². The lowest BCUT2D eigenvalue weighted by Crippen LogP contribution is -2.54. The SMILES string of the molecule is CCNC(=NCCc1nc(-c2ccco2)n[nH]1)N1CCN(CC(=O)NC2CC2)CC1.I. The number of hydrogen-bond donors (Lipinski definition) is 3. The standard InChI is InChI=1S/C20H30N8O2.HI/c1-2-21-20(22-8-7-17-24-19(26-25-17)16-4-3-13-30-16)28-11-9-27(10-12-28)14-18(29)23-15-5-6-15;/h3-4,13,15H,2,5-12,14H2,1H3,(H,21,22)(H,23,29)(H,24,25,26);1H. The first-order valence-corrected chi connectivity index (χ1v) is 10.7. The second kappa shape index (κ2) is 11.5. The van der Waals surface area contributed by atoms with Gasteiger partial charge in [-0.25, -0.2) is 4.98 Å². The summed E-state index contributed by atoms with van der Waals surface area (Å²) in [5.41, 5.74) is 0. The number of nitrogens with one attached hydrogen (secondary N) is 3. The van der Waals surface area contributed by atoms with Crippen molar-refractivity contribution in [1.82, 2.24) is 35.6 Å². The van der Waals surface area contributed by atoms with E-state index in [-0.39, 0.29) is 29.9 Å². The molecule has 0 aromatic carbocycles. The van der Waals surface area contributed by atoms with E-state index in [9.17, 15) is 4.79 Å². The molecule has 2 aromatic rings. The van der Waals surface area contributed by atoms with Crippen LogP contribution in [0, 0.1) is 0 Å². The van der Waals surface area contributed by atoms with Crippen LogP contribution < -0.4 is 10.6 Å². The van der Waals surface area contributed by atoms with Crippen molar-refractivity contribution in [2.24, 2.45) is 4.99 Å². The number of halogens is 1. The summed E-state index contributed by atoms with van der Waals surface area (Å²) in [4.78, 5) is 25.7. The van der Waals surface area contributed by atoms with Crippen molar-refractivity contribution in [1.29, 1.82) is 0 Å². The molecule has 1 aliphatic heterocycles. The minimum absolute atomic E-state index is 0. The van der Waals surface area contributed by atoms with Crippen LogP contribution in [0.15, 0.2) is 27.8 Å². The van der Waals surface area contributed by atoms with Crippen LogP contribution in [0.1, 0.15) is 25.6 Å². The van der Waals surface area contributed by atoms with E-state index >= 15 is 0 Å². The van der Waals surface area contributed by atoms with E-state index < -0.39 is 0 Å². The van der Waals surface area contributed by atoms with E-state index in [2.05, 4.69) is 42.5 Å². The number of nitrogens with zero attached hydrogens (tertiary/aromatic N) is 5. The van der Waals surface area contributed by atoms with Gasteiger partial charge in [-0.05, 0) is 31.9 Å². The molecule has 2 fully saturated rings. The van der Waals surface area contributed by atoms with E-state index in [0.29, 0.717) is 37.1 Å². The van der Waals surface area contributed by atoms with Gasteiger partial charge in [0.2, 0.25) is 11.7 Å². The van der Waals surface area contributed by atoms with Gasteiger partial charge in [0.15, 0.2) is 11.7 Å². The van der Waals surface area contributed by atoms with Gasteiger partial charge in [-0.2, -0.15) is 5.10 Å². The molecule has 1 saturated heterocycles. The number of amides is 1. The lowest BCUT2D eigenvalue weighted by atomic mass is 10.3. The Bertz CT molecular complexity index is 841. The average molecular weight is 542 g/mol. The Balaban J connectivity index is 0.00000272. The molecule has 10 nitrogen and oxygen atoms in total. The zero-order chi connectivity index (χ0) is 20.8. The number of guanidine groups is 1. The number of aromatic nitrogens is 3. The highest BCUT2D eigenvalue weighted by Crippen LogP contribution is 2.18. The van der Waals surface area contributed by atoms with Crippen LogP contribution in [-0.2, 0) is 11.2 Å². The molecule has 170 valence electrons. The Hall–Kier alpha value is -2.15. The van der Waals surface area contributed by atoms with E-state index in [0.717, 1.165) is 57.3 Å². The van der Waals surface area contributed by atoms with Gasteiger partial charge in [-0.3, -0.25) is 19.8 Å². The molecule has 3 heterocycles. The lowest BCUT2D eigenvalue weighted by molar-refractivity contribution is -0.122. The quantitative estimate of drug-likeness (QED) is 0.260. The third-order valence-corrected chi connectivity index (χ3v) is 5.20. The number of furan rings is 1. The summed E-state index contributed by atoms with van der Waals surface area (Å²) in [5.74, 6) is 3.05. The van der Waals surface area contributed by atoms with Gasteiger partial charge >= 0.3 is 0 Å². The molecular weight excluding hydrogens is 511 g/mol. The first-order chi connectivity index (χ1) is 14.7. The van der Waals surface area contributed by atoms with Crippen LogP contribution in [0.4, 0.5) is 0 Å².